The van der Waals surface area contributed by atoms with Gasteiger partial charge in [-0.2, -0.15) is 0 Å². The molecule has 3 nitrogen and oxygen atoms in total. The van der Waals surface area contributed by atoms with Crippen molar-refractivity contribution in [1.82, 2.24) is 4.57 Å². The van der Waals surface area contributed by atoms with Crippen LogP contribution in [-0.2, 0) is 0 Å². The Balaban J connectivity index is 1.09. The van der Waals surface area contributed by atoms with Crippen LogP contribution >= 0.6 is 0 Å². The molecule has 0 spiro atoms. The normalized spacial score (nSPS) is 12.8. The van der Waals surface area contributed by atoms with Crippen LogP contribution in [0.15, 0.2) is 243 Å². The molecule has 0 saturated carbocycles. The van der Waals surface area contributed by atoms with Crippen molar-refractivity contribution >= 4 is 101 Å². The van der Waals surface area contributed by atoms with Crippen LogP contribution in [0.5, 0.6) is 0 Å². The number of rotatable bonds is 5. The second-order valence-electron chi connectivity index (χ2n) is 17.7. The van der Waals surface area contributed by atoms with E-state index in [2.05, 4.69) is 257 Å². The van der Waals surface area contributed by atoms with Crippen molar-refractivity contribution in [2.75, 3.05) is 9.80 Å². The summed E-state index contributed by atoms with van der Waals surface area (Å²) in [5.74, 6) is 0. The largest absolute Gasteiger partial charge is 0.311 e. The Morgan fingerprint density at radius 2 is 0.727 bits per heavy atom. The first-order valence-electron chi connectivity index (χ1n) is 22.9. The molecule has 2 aliphatic heterocycles. The van der Waals surface area contributed by atoms with Crippen LogP contribution < -0.4 is 26.2 Å². The van der Waals surface area contributed by atoms with Crippen LogP contribution in [0.2, 0.25) is 0 Å². The number of anilines is 6. The van der Waals surface area contributed by atoms with E-state index in [9.17, 15) is 0 Å². The number of hydrogen-bond acceptors (Lipinski definition) is 2. The molecule has 0 fully saturated rings. The van der Waals surface area contributed by atoms with Gasteiger partial charge in [0.2, 0.25) is 0 Å². The zero-order valence-electron chi connectivity index (χ0n) is 36.0. The van der Waals surface area contributed by atoms with E-state index in [1.165, 1.54) is 105 Å². The van der Waals surface area contributed by atoms with Crippen LogP contribution in [-0.4, -0.2) is 11.3 Å². The summed E-state index contributed by atoms with van der Waals surface area (Å²) in [5, 5.41) is 7.36. The molecule has 0 saturated heterocycles. The van der Waals surface area contributed by atoms with Gasteiger partial charge in [0.25, 0.3) is 6.71 Å². The molecule has 0 bridgehead atoms. The maximum absolute atomic E-state index is 2.58. The van der Waals surface area contributed by atoms with E-state index >= 15 is 0 Å². The molecule has 66 heavy (non-hydrogen) atoms. The van der Waals surface area contributed by atoms with Crippen molar-refractivity contribution < 1.29 is 0 Å². The molecule has 12 aromatic rings. The lowest BCUT2D eigenvalue weighted by Gasteiger charge is -2.45. The zero-order chi connectivity index (χ0) is 43.3. The molecule has 3 heterocycles. The molecule has 0 radical (unpaired) electrons. The highest BCUT2D eigenvalue weighted by Crippen LogP contribution is 2.49. The quantitative estimate of drug-likeness (QED) is 0.160. The summed E-state index contributed by atoms with van der Waals surface area (Å²) in [6.07, 6.45) is 0. The van der Waals surface area contributed by atoms with Crippen molar-refractivity contribution in [2.24, 2.45) is 0 Å². The van der Waals surface area contributed by atoms with Crippen LogP contribution in [0, 0.1) is 0 Å². The molecule has 0 aliphatic carbocycles. The number of nitrogens with zero attached hydrogens (tertiary/aromatic N) is 3. The molecule has 0 unspecified atom stereocenters. The second-order valence-corrected chi connectivity index (χ2v) is 17.7. The average molecular weight is 838 g/mol. The monoisotopic (exact) mass is 837 g/mol. The van der Waals surface area contributed by atoms with Gasteiger partial charge in [0.1, 0.15) is 0 Å². The van der Waals surface area contributed by atoms with Gasteiger partial charge in [-0.3, -0.25) is 0 Å². The molecule has 1 aromatic heterocycles. The van der Waals surface area contributed by atoms with E-state index in [1.807, 2.05) is 0 Å². The highest BCUT2D eigenvalue weighted by atomic mass is 15.2. The molecule has 14 rings (SSSR count). The van der Waals surface area contributed by atoms with Gasteiger partial charge in [-0.15, -0.1) is 0 Å². The predicted octanol–water partition coefficient (Wildman–Crippen LogP) is 14.5. The van der Waals surface area contributed by atoms with E-state index < -0.39 is 0 Å². The lowest BCUT2D eigenvalue weighted by molar-refractivity contribution is 1.17. The maximum Gasteiger partial charge on any atom is 0.252 e. The van der Waals surface area contributed by atoms with Crippen molar-refractivity contribution in [3.05, 3.63) is 243 Å². The zero-order valence-corrected chi connectivity index (χ0v) is 36.0. The van der Waals surface area contributed by atoms with Crippen molar-refractivity contribution in [2.45, 2.75) is 0 Å². The molecule has 11 aromatic carbocycles. The third-order valence-corrected chi connectivity index (χ3v) is 14.1. The third kappa shape index (κ3) is 5.45. The smallest absolute Gasteiger partial charge is 0.252 e. The van der Waals surface area contributed by atoms with E-state index in [1.54, 1.807) is 0 Å². The Hall–Kier alpha value is -8.60. The van der Waals surface area contributed by atoms with Gasteiger partial charge < -0.3 is 14.4 Å². The van der Waals surface area contributed by atoms with Gasteiger partial charge >= 0.3 is 0 Å². The fourth-order valence-corrected chi connectivity index (χ4v) is 11.3. The van der Waals surface area contributed by atoms with Crippen LogP contribution in [0.3, 0.4) is 0 Å². The fourth-order valence-electron chi connectivity index (χ4n) is 11.3. The van der Waals surface area contributed by atoms with Gasteiger partial charge in [0.05, 0.1) is 22.4 Å². The third-order valence-electron chi connectivity index (χ3n) is 14.1. The van der Waals surface area contributed by atoms with Crippen molar-refractivity contribution in [3.63, 3.8) is 0 Å². The minimum atomic E-state index is -0.0247. The minimum Gasteiger partial charge on any atom is -0.311 e. The molecular weight excluding hydrogens is 798 g/mol. The van der Waals surface area contributed by atoms with E-state index in [0.717, 1.165) is 17.1 Å². The number of aromatic nitrogens is 1. The first-order valence-corrected chi connectivity index (χ1v) is 22.9. The molecular formula is C62H40BN3. The summed E-state index contributed by atoms with van der Waals surface area (Å²) < 4.78 is 2.45. The minimum absolute atomic E-state index is 0.0247. The Labute approximate surface area is 383 Å². The summed E-state index contributed by atoms with van der Waals surface area (Å²) in [5.41, 5.74) is 19.2. The Morgan fingerprint density at radius 3 is 1.30 bits per heavy atom. The van der Waals surface area contributed by atoms with E-state index in [-0.39, 0.29) is 6.71 Å². The van der Waals surface area contributed by atoms with Gasteiger partial charge in [0.15, 0.2) is 0 Å². The van der Waals surface area contributed by atoms with Crippen molar-refractivity contribution in [3.8, 4) is 27.9 Å². The highest BCUT2D eigenvalue weighted by molar-refractivity contribution is 7.00. The first kappa shape index (κ1) is 36.8. The first-order chi connectivity index (χ1) is 32.8. The topological polar surface area (TPSA) is 11.4 Å². The molecule has 2 aliphatic rings. The van der Waals surface area contributed by atoms with E-state index in [0.29, 0.717) is 0 Å². The Bertz CT molecular complexity index is 3860. The van der Waals surface area contributed by atoms with Gasteiger partial charge in [0, 0.05) is 50.3 Å². The standard InChI is InChI=1S/C62H40BN3/c1-3-18-41(19-4-1)50-36-43-22-7-9-24-45(43)38-59(50)65-56-31-16-13-28-52(56)63-53-35-34-47(64-54-29-14-11-26-48(54)49-27-12-15-30-55(49)64)40-61(53)66(58-33-17-32-57(65)62(58)63)60-39-46-25-10-8-23-44(46)37-51(60)42-20-5-2-6-21-42/h1-40H. The summed E-state index contributed by atoms with van der Waals surface area (Å²) in [6.45, 7) is -0.0247. The number of fused-ring (bicyclic) bond motifs is 9. The van der Waals surface area contributed by atoms with Crippen molar-refractivity contribution in [1.29, 1.82) is 0 Å². The van der Waals surface area contributed by atoms with Gasteiger partial charge in [-0.1, -0.05) is 176 Å². The second kappa shape index (κ2) is 14.5. The molecule has 0 amide bonds. The van der Waals surface area contributed by atoms with Gasteiger partial charge in [-0.05, 0) is 116 Å². The SMILES string of the molecule is c1ccc(-c2cc3ccccc3cc2N2c3ccccc3B3c4ccc(-n5c6ccccc6c6ccccc65)cc4N(c4cc5ccccc5cc4-c4ccccc4)c4cccc2c43)cc1. The number of hydrogen-bond donors (Lipinski definition) is 0. The molecule has 4 heteroatoms. The average Bonchev–Trinajstić information content (AvgIpc) is 3.72. The lowest BCUT2D eigenvalue weighted by atomic mass is 9.33. The van der Waals surface area contributed by atoms with Crippen LogP contribution in [0.25, 0.3) is 71.3 Å². The Kier molecular flexibility index (Phi) is 8.08. The fraction of sp³-hybridized carbons (Fsp3) is 0. The summed E-state index contributed by atoms with van der Waals surface area (Å²) in [6, 6.07) is 89.9. The summed E-state index contributed by atoms with van der Waals surface area (Å²) in [4.78, 5) is 5.13. The molecule has 0 N–H and O–H groups in total. The molecule has 306 valence electrons. The molecule has 0 atom stereocenters. The summed E-state index contributed by atoms with van der Waals surface area (Å²) >= 11 is 0. The van der Waals surface area contributed by atoms with E-state index in [4.69, 9.17) is 0 Å². The Morgan fingerprint density at radius 1 is 0.288 bits per heavy atom. The lowest BCUT2D eigenvalue weighted by Crippen LogP contribution is -2.61. The maximum atomic E-state index is 2.58. The summed E-state index contributed by atoms with van der Waals surface area (Å²) in [7, 11) is 0. The van der Waals surface area contributed by atoms with Crippen LogP contribution in [0.4, 0.5) is 34.1 Å². The van der Waals surface area contributed by atoms with Gasteiger partial charge in [-0.25, -0.2) is 0 Å². The number of benzene rings is 11. The van der Waals surface area contributed by atoms with Crippen LogP contribution in [0.1, 0.15) is 0 Å². The number of para-hydroxylation sites is 3. The predicted molar refractivity (Wildman–Crippen MR) is 281 cm³/mol. The highest BCUT2D eigenvalue weighted by Gasteiger charge is 2.44.